The maximum atomic E-state index is 12.7. The van der Waals surface area contributed by atoms with Crippen molar-refractivity contribution in [2.75, 3.05) is 5.75 Å². The lowest BCUT2D eigenvalue weighted by Crippen LogP contribution is -2.47. The average Bonchev–Trinajstić information content (AvgIpc) is 2.79. The van der Waals surface area contributed by atoms with Crippen molar-refractivity contribution in [1.82, 2.24) is 5.32 Å². The second-order valence-corrected chi connectivity index (χ2v) is 8.89. The molecular formula is C25H27NO4S. The van der Waals surface area contributed by atoms with Crippen molar-refractivity contribution >= 4 is 16.9 Å². The summed E-state index contributed by atoms with van der Waals surface area (Å²) in [6, 6.07) is 25.7. The summed E-state index contributed by atoms with van der Waals surface area (Å²) in [7, 11) is -1.39. The highest BCUT2D eigenvalue weighted by atomic mass is 32.2. The SMILES string of the molecule is Cc1ccc(S(=O)C[C@@H](O)[C@@H](Cc2ccccc2)NC(=O)OCc2ccccc2)cc1. The fourth-order valence-corrected chi connectivity index (χ4v) is 4.30. The van der Waals surface area contributed by atoms with Crippen molar-refractivity contribution in [3.63, 3.8) is 0 Å². The summed E-state index contributed by atoms with van der Waals surface area (Å²) < 4.78 is 18.0. The van der Waals surface area contributed by atoms with Crippen molar-refractivity contribution < 1.29 is 18.8 Å². The third kappa shape index (κ3) is 7.35. The molecule has 1 unspecified atom stereocenters. The summed E-state index contributed by atoms with van der Waals surface area (Å²) in [5.74, 6) is 0.0134. The number of benzene rings is 3. The Morgan fingerprint density at radius 2 is 1.52 bits per heavy atom. The smallest absolute Gasteiger partial charge is 0.407 e. The third-order valence-corrected chi connectivity index (χ3v) is 6.33. The van der Waals surface area contributed by atoms with Gasteiger partial charge in [0.05, 0.1) is 28.7 Å². The van der Waals surface area contributed by atoms with Crippen molar-refractivity contribution in [3.8, 4) is 0 Å². The Balaban J connectivity index is 1.65. The van der Waals surface area contributed by atoms with E-state index in [1.807, 2.05) is 79.7 Å². The molecule has 31 heavy (non-hydrogen) atoms. The van der Waals surface area contributed by atoms with Crippen LogP contribution in [0.15, 0.2) is 89.8 Å². The molecule has 0 aliphatic heterocycles. The Labute approximate surface area is 185 Å². The first-order valence-corrected chi connectivity index (χ1v) is 11.5. The minimum atomic E-state index is -1.39. The summed E-state index contributed by atoms with van der Waals surface area (Å²) in [5, 5.41) is 13.6. The van der Waals surface area contributed by atoms with Gasteiger partial charge in [-0.25, -0.2) is 4.79 Å². The van der Waals surface area contributed by atoms with Gasteiger partial charge in [-0.05, 0) is 36.6 Å². The van der Waals surface area contributed by atoms with E-state index in [1.54, 1.807) is 12.1 Å². The molecule has 0 heterocycles. The van der Waals surface area contributed by atoms with E-state index >= 15 is 0 Å². The molecule has 0 fully saturated rings. The molecule has 1 amide bonds. The average molecular weight is 438 g/mol. The molecule has 0 bridgehead atoms. The minimum absolute atomic E-state index is 0.0134. The highest BCUT2D eigenvalue weighted by molar-refractivity contribution is 7.85. The van der Waals surface area contributed by atoms with E-state index in [4.69, 9.17) is 4.74 Å². The number of alkyl carbamates (subject to hydrolysis) is 1. The maximum absolute atomic E-state index is 12.7. The first-order chi connectivity index (χ1) is 15.0. The van der Waals surface area contributed by atoms with E-state index in [0.717, 1.165) is 16.7 Å². The summed E-state index contributed by atoms with van der Waals surface area (Å²) >= 11 is 0. The summed E-state index contributed by atoms with van der Waals surface area (Å²) in [5.41, 5.74) is 2.90. The fourth-order valence-electron chi connectivity index (χ4n) is 3.12. The number of ether oxygens (including phenoxy) is 1. The number of amides is 1. The van der Waals surface area contributed by atoms with Crippen LogP contribution in [0.5, 0.6) is 0 Å². The molecule has 162 valence electrons. The van der Waals surface area contributed by atoms with Crippen LogP contribution in [-0.2, 0) is 28.6 Å². The number of aryl methyl sites for hydroxylation is 1. The number of hydrogen-bond acceptors (Lipinski definition) is 4. The second kappa shape index (κ2) is 11.4. The monoisotopic (exact) mass is 437 g/mol. The van der Waals surface area contributed by atoms with Crippen LogP contribution >= 0.6 is 0 Å². The largest absolute Gasteiger partial charge is 0.445 e. The van der Waals surface area contributed by atoms with Crippen molar-refractivity contribution in [1.29, 1.82) is 0 Å². The van der Waals surface area contributed by atoms with Gasteiger partial charge in [0, 0.05) is 4.90 Å². The molecule has 3 atom stereocenters. The lowest BCUT2D eigenvalue weighted by atomic mass is 10.0. The van der Waals surface area contributed by atoms with Crippen LogP contribution in [0, 0.1) is 6.92 Å². The summed E-state index contributed by atoms with van der Waals surface area (Å²) in [6.45, 7) is 2.10. The van der Waals surface area contributed by atoms with Crippen LogP contribution in [-0.4, -0.2) is 33.3 Å². The lowest BCUT2D eigenvalue weighted by molar-refractivity contribution is 0.111. The number of rotatable bonds is 9. The molecule has 3 aromatic rings. The normalized spacial score (nSPS) is 13.7. The number of hydrogen-bond donors (Lipinski definition) is 2. The standard InChI is InChI=1S/C25H27NO4S/c1-19-12-14-22(15-13-19)31(29)18-24(27)23(16-20-8-4-2-5-9-20)26-25(28)30-17-21-10-6-3-7-11-21/h2-15,23-24,27H,16-18H2,1H3,(H,26,28)/t23-,24-,31?/m1/s1. The van der Waals surface area contributed by atoms with Gasteiger partial charge in [-0.3, -0.25) is 4.21 Å². The number of aliphatic hydroxyl groups is 1. The van der Waals surface area contributed by atoms with E-state index < -0.39 is 29.0 Å². The van der Waals surface area contributed by atoms with Crippen LogP contribution in [0.4, 0.5) is 4.79 Å². The third-order valence-electron chi connectivity index (χ3n) is 4.88. The zero-order valence-electron chi connectivity index (χ0n) is 17.4. The van der Waals surface area contributed by atoms with Crippen LogP contribution < -0.4 is 5.32 Å². The Kier molecular flexibility index (Phi) is 8.38. The van der Waals surface area contributed by atoms with E-state index in [-0.39, 0.29) is 12.4 Å². The predicted molar refractivity (Wildman–Crippen MR) is 122 cm³/mol. The van der Waals surface area contributed by atoms with Crippen LogP contribution in [0.25, 0.3) is 0 Å². The van der Waals surface area contributed by atoms with Crippen molar-refractivity contribution in [2.24, 2.45) is 0 Å². The van der Waals surface area contributed by atoms with Gasteiger partial charge in [0.15, 0.2) is 0 Å². The topological polar surface area (TPSA) is 75.6 Å². The molecule has 0 aromatic heterocycles. The molecule has 5 nitrogen and oxygen atoms in total. The van der Waals surface area contributed by atoms with Gasteiger partial charge in [-0.15, -0.1) is 0 Å². The van der Waals surface area contributed by atoms with Gasteiger partial charge in [-0.2, -0.15) is 0 Å². The van der Waals surface area contributed by atoms with Gasteiger partial charge >= 0.3 is 6.09 Å². The van der Waals surface area contributed by atoms with Gasteiger partial charge < -0.3 is 15.2 Å². The molecule has 0 saturated carbocycles. The van der Waals surface area contributed by atoms with Crippen LogP contribution in [0.1, 0.15) is 16.7 Å². The Bertz CT molecular complexity index is 977. The molecule has 0 aliphatic rings. The summed E-state index contributed by atoms with van der Waals surface area (Å²) in [4.78, 5) is 13.0. The Morgan fingerprint density at radius 3 is 2.13 bits per heavy atom. The van der Waals surface area contributed by atoms with Gasteiger partial charge in [-0.1, -0.05) is 78.4 Å². The number of nitrogens with one attached hydrogen (secondary N) is 1. The van der Waals surface area contributed by atoms with E-state index in [9.17, 15) is 14.1 Å². The molecule has 3 rings (SSSR count). The number of carbonyl (C=O) groups excluding carboxylic acids is 1. The van der Waals surface area contributed by atoms with Gasteiger partial charge in [0.25, 0.3) is 0 Å². The number of aliphatic hydroxyl groups excluding tert-OH is 1. The predicted octanol–water partition coefficient (Wildman–Crippen LogP) is 4.00. The molecular weight excluding hydrogens is 410 g/mol. The molecule has 0 saturated heterocycles. The lowest BCUT2D eigenvalue weighted by Gasteiger charge is -2.24. The van der Waals surface area contributed by atoms with E-state index in [2.05, 4.69) is 5.32 Å². The van der Waals surface area contributed by atoms with Crippen molar-refractivity contribution in [2.45, 2.75) is 37.0 Å². The minimum Gasteiger partial charge on any atom is -0.445 e. The summed E-state index contributed by atoms with van der Waals surface area (Å²) in [6.07, 6.45) is -1.23. The quantitative estimate of drug-likeness (QED) is 0.531. The first-order valence-electron chi connectivity index (χ1n) is 10.2. The van der Waals surface area contributed by atoms with Crippen LogP contribution in [0.2, 0.25) is 0 Å². The molecule has 0 aliphatic carbocycles. The van der Waals surface area contributed by atoms with Gasteiger partial charge in [0.1, 0.15) is 6.61 Å². The maximum Gasteiger partial charge on any atom is 0.407 e. The van der Waals surface area contributed by atoms with Gasteiger partial charge in [0.2, 0.25) is 0 Å². The highest BCUT2D eigenvalue weighted by Crippen LogP contribution is 2.13. The zero-order chi connectivity index (χ0) is 22.1. The Hall–Kier alpha value is -2.96. The first kappa shape index (κ1) is 22.7. The molecule has 0 spiro atoms. The van der Waals surface area contributed by atoms with E-state index in [1.165, 1.54) is 0 Å². The molecule has 6 heteroatoms. The highest BCUT2D eigenvalue weighted by Gasteiger charge is 2.25. The Morgan fingerprint density at radius 1 is 0.935 bits per heavy atom. The molecule has 0 radical (unpaired) electrons. The molecule has 3 aromatic carbocycles. The zero-order valence-corrected chi connectivity index (χ0v) is 18.3. The van der Waals surface area contributed by atoms with Crippen LogP contribution in [0.3, 0.4) is 0 Å². The van der Waals surface area contributed by atoms with Crippen molar-refractivity contribution in [3.05, 3.63) is 102 Å². The number of carbonyl (C=O) groups is 1. The fraction of sp³-hybridized carbons (Fsp3) is 0.240. The molecule has 2 N–H and O–H groups in total. The van der Waals surface area contributed by atoms with E-state index in [0.29, 0.717) is 11.3 Å². The second-order valence-electron chi connectivity index (χ2n) is 7.39.